The molecule has 0 unspecified atom stereocenters. The molecule has 2 heterocycles. The third-order valence-corrected chi connectivity index (χ3v) is 5.64. The van der Waals surface area contributed by atoms with Gasteiger partial charge in [-0.05, 0) is 60.0 Å². The molecule has 35 heavy (non-hydrogen) atoms. The average Bonchev–Trinajstić information content (AvgIpc) is 3.52. The van der Waals surface area contributed by atoms with E-state index >= 15 is 0 Å². The highest BCUT2D eigenvalue weighted by molar-refractivity contribution is 6.02. The van der Waals surface area contributed by atoms with Crippen LogP contribution in [0.15, 0.2) is 87.7 Å². The number of rotatable bonds is 6. The smallest absolute Gasteiger partial charge is 0.291 e. The zero-order valence-corrected chi connectivity index (χ0v) is 19.0. The Morgan fingerprint density at radius 2 is 1.74 bits per heavy atom. The number of non-ortho nitro benzene ring substituents is 1. The van der Waals surface area contributed by atoms with E-state index in [0.717, 1.165) is 16.7 Å². The molecule has 8 nitrogen and oxygen atoms in total. The standard InChI is InChI=1S/C27H21N3O5/c1-16(2)18-8-11-24-22(15-18)29-27(35-24)17-6-9-20(10-7-17)28-26(31)25-13-12-23(34-25)19-4-3-5-21(14-19)30(32)33/h3-16H,1-2H3,(H,28,31). The summed E-state index contributed by atoms with van der Waals surface area (Å²) in [6, 6.07) is 22.3. The molecule has 0 aliphatic heterocycles. The molecule has 1 N–H and O–H groups in total. The first kappa shape index (κ1) is 22.1. The van der Waals surface area contributed by atoms with Crippen LogP contribution in [0.25, 0.3) is 33.9 Å². The van der Waals surface area contributed by atoms with E-state index in [4.69, 9.17) is 8.83 Å². The zero-order valence-electron chi connectivity index (χ0n) is 19.0. The number of nitro benzene ring substituents is 1. The van der Waals surface area contributed by atoms with Gasteiger partial charge in [0, 0.05) is 28.9 Å². The summed E-state index contributed by atoms with van der Waals surface area (Å²) in [5, 5.41) is 13.8. The van der Waals surface area contributed by atoms with Crippen molar-refractivity contribution in [1.29, 1.82) is 0 Å². The molecule has 1 amide bonds. The van der Waals surface area contributed by atoms with E-state index in [9.17, 15) is 14.9 Å². The Hall–Kier alpha value is -4.72. The van der Waals surface area contributed by atoms with Crippen molar-refractivity contribution in [3.8, 4) is 22.8 Å². The van der Waals surface area contributed by atoms with Crippen LogP contribution in [-0.2, 0) is 0 Å². The van der Waals surface area contributed by atoms with Crippen LogP contribution in [0.1, 0.15) is 35.9 Å². The predicted molar refractivity (Wildman–Crippen MR) is 132 cm³/mol. The van der Waals surface area contributed by atoms with Crippen molar-refractivity contribution >= 4 is 28.4 Å². The van der Waals surface area contributed by atoms with E-state index in [-0.39, 0.29) is 11.4 Å². The number of nitro groups is 1. The first-order chi connectivity index (χ1) is 16.9. The van der Waals surface area contributed by atoms with Crippen molar-refractivity contribution in [1.82, 2.24) is 4.98 Å². The Morgan fingerprint density at radius 1 is 0.943 bits per heavy atom. The number of furan rings is 1. The van der Waals surface area contributed by atoms with Gasteiger partial charge in [0.05, 0.1) is 4.92 Å². The highest BCUT2D eigenvalue weighted by Gasteiger charge is 2.15. The predicted octanol–water partition coefficient (Wildman–Crippen LogP) is 7.04. The first-order valence-corrected chi connectivity index (χ1v) is 11.0. The molecule has 0 aliphatic rings. The monoisotopic (exact) mass is 467 g/mol. The van der Waals surface area contributed by atoms with Gasteiger partial charge >= 0.3 is 0 Å². The van der Waals surface area contributed by atoms with Crippen LogP contribution in [-0.4, -0.2) is 15.8 Å². The largest absolute Gasteiger partial charge is 0.451 e. The molecular weight excluding hydrogens is 446 g/mol. The highest BCUT2D eigenvalue weighted by atomic mass is 16.6. The Labute approximate surface area is 200 Å². The van der Waals surface area contributed by atoms with Gasteiger partial charge in [-0.3, -0.25) is 14.9 Å². The fraction of sp³-hybridized carbons (Fsp3) is 0.111. The van der Waals surface area contributed by atoms with Crippen molar-refractivity contribution in [3.05, 3.63) is 100 Å². The minimum absolute atomic E-state index is 0.0516. The molecule has 0 radical (unpaired) electrons. The summed E-state index contributed by atoms with van der Waals surface area (Å²) in [6.45, 7) is 4.26. The Balaban J connectivity index is 1.30. The molecule has 5 aromatic rings. The van der Waals surface area contributed by atoms with Gasteiger partial charge in [0.15, 0.2) is 11.3 Å². The summed E-state index contributed by atoms with van der Waals surface area (Å²) in [6.07, 6.45) is 0. The molecule has 0 fully saturated rings. The number of oxazole rings is 1. The molecule has 3 aromatic carbocycles. The molecule has 0 atom stereocenters. The third kappa shape index (κ3) is 4.54. The molecule has 8 heteroatoms. The summed E-state index contributed by atoms with van der Waals surface area (Å²) in [7, 11) is 0. The number of carbonyl (C=O) groups is 1. The molecule has 0 saturated carbocycles. The molecule has 174 valence electrons. The van der Waals surface area contributed by atoms with E-state index in [1.807, 2.05) is 30.3 Å². The number of hydrogen-bond acceptors (Lipinski definition) is 6. The second-order valence-corrected chi connectivity index (χ2v) is 8.40. The lowest BCUT2D eigenvalue weighted by atomic mass is 10.0. The number of benzene rings is 3. The van der Waals surface area contributed by atoms with Gasteiger partial charge in [0.2, 0.25) is 5.89 Å². The molecule has 2 aromatic heterocycles. The van der Waals surface area contributed by atoms with Crippen LogP contribution in [0.5, 0.6) is 0 Å². The minimum Gasteiger partial charge on any atom is -0.451 e. The number of carbonyl (C=O) groups excluding carboxylic acids is 1. The van der Waals surface area contributed by atoms with Crippen molar-refractivity contribution in [3.63, 3.8) is 0 Å². The molecular formula is C27H21N3O5. The lowest BCUT2D eigenvalue weighted by Gasteiger charge is -2.04. The zero-order chi connectivity index (χ0) is 24.5. The van der Waals surface area contributed by atoms with Gasteiger partial charge < -0.3 is 14.2 Å². The third-order valence-electron chi connectivity index (χ3n) is 5.64. The average molecular weight is 467 g/mol. The summed E-state index contributed by atoms with van der Waals surface area (Å²) < 4.78 is 11.5. The number of amides is 1. The second kappa shape index (κ2) is 8.90. The van der Waals surface area contributed by atoms with Gasteiger partial charge in [-0.15, -0.1) is 0 Å². The fourth-order valence-electron chi connectivity index (χ4n) is 3.70. The quantitative estimate of drug-likeness (QED) is 0.212. The van der Waals surface area contributed by atoms with Crippen molar-refractivity contribution < 1.29 is 18.6 Å². The summed E-state index contributed by atoms with van der Waals surface area (Å²) in [5.41, 5.74) is 4.55. The van der Waals surface area contributed by atoms with Crippen LogP contribution in [0.3, 0.4) is 0 Å². The van der Waals surface area contributed by atoms with Crippen molar-refractivity contribution in [2.24, 2.45) is 0 Å². The molecule has 0 saturated heterocycles. The number of aromatic nitrogens is 1. The summed E-state index contributed by atoms with van der Waals surface area (Å²) in [4.78, 5) is 27.8. The van der Waals surface area contributed by atoms with Crippen LogP contribution in [0.2, 0.25) is 0 Å². The fourth-order valence-corrected chi connectivity index (χ4v) is 3.70. The van der Waals surface area contributed by atoms with E-state index in [1.54, 1.807) is 30.3 Å². The maximum Gasteiger partial charge on any atom is 0.291 e. The van der Waals surface area contributed by atoms with E-state index in [2.05, 4.69) is 24.1 Å². The number of nitrogens with zero attached hydrogens (tertiary/aromatic N) is 2. The normalized spacial score (nSPS) is 11.2. The Kier molecular flexibility index (Phi) is 5.62. The van der Waals surface area contributed by atoms with Gasteiger partial charge in [-0.25, -0.2) is 4.98 Å². The highest BCUT2D eigenvalue weighted by Crippen LogP contribution is 2.29. The van der Waals surface area contributed by atoms with E-state index in [1.165, 1.54) is 23.8 Å². The van der Waals surface area contributed by atoms with Crippen molar-refractivity contribution in [2.75, 3.05) is 5.32 Å². The lowest BCUT2D eigenvalue weighted by molar-refractivity contribution is -0.384. The van der Waals surface area contributed by atoms with E-state index in [0.29, 0.717) is 28.8 Å². The van der Waals surface area contributed by atoms with Crippen LogP contribution in [0, 0.1) is 10.1 Å². The van der Waals surface area contributed by atoms with Crippen LogP contribution >= 0.6 is 0 Å². The topological polar surface area (TPSA) is 111 Å². The maximum absolute atomic E-state index is 12.6. The first-order valence-electron chi connectivity index (χ1n) is 11.0. The Bertz CT molecular complexity index is 1550. The van der Waals surface area contributed by atoms with Gasteiger partial charge in [-0.2, -0.15) is 0 Å². The van der Waals surface area contributed by atoms with Gasteiger partial charge in [0.1, 0.15) is 11.3 Å². The van der Waals surface area contributed by atoms with E-state index < -0.39 is 10.8 Å². The number of hydrogen-bond donors (Lipinski definition) is 1. The summed E-state index contributed by atoms with van der Waals surface area (Å²) >= 11 is 0. The SMILES string of the molecule is CC(C)c1ccc2oc(-c3ccc(NC(=O)c4ccc(-c5cccc([N+](=O)[O-])c5)o4)cc3)nc2c1. The Morgan fingerprint density at radius 3 is 2.49 bits per heavy atom. The molecule has 0 bridgehead atoms. The number of fused-ring (bicyclic) bond motifs is 1. The molecule has 5 rings (SSSR count). The minimum atomic E-state index is -0.479. The molecule has 0 spiro atoms. The van der Waals surface area contributed by atoms with Crippen molar-refractivity contribution in [2.45, 2.75) is 19.8 Å². The number of anilines is 1. The summed E-state index contributed by atoms with van der Waals surface area (Å²) in [5.74, 6) is 0.934. The van der Waals surface area contributed by atoms with Crippen LogP contribution in [0.4, 0.5) is 11.4 Å². The van der Waals surface area contributed by atoms with Crippen LogP contribution < -0.4 is 5.32 Å². The maximum atomic E-state index is 12.6. The second-order valence-electron chi connectivity index (χ2n) is 8.40. The van der Waals surface area contributed by atoms with Gasteiger partial charge in [0.25, 0.3) is 11.6 Å². The molecule has 0 aliphatic carbocycles. The van der Waals surface area contributed by atoms with Gasteiger partial charge in [-0.1, -0.05) is 32.0 Å². The number of nitrogens with one attached hydrogen (secondary N) is 1. The lowest BCUT2D eigenvalue weighted by Crippen LogP contribution is -2.10.